The maximum atomic E-state index is 11.1. The lowest BCUT2D eigenvalue weighted by Gasteiger charge is -2.05. The van der Waals surface area contributed by atoms with Gasteiger partial charge in [0.1, 0.15) is 0 Å². The summed E-state index contributed by atoms with van der Waals surface area (Å²) in [5, 5.41) is 11.7. The molecule has 3 aromatic rings. The molecular formula is C14H12N6O. The number of rotatable bonds is 3. The zero-order chi connectivity index (χ0) is 14.8. The van der Waals surface area contributed by atoms with E-state index in [1.165, 1.54) is 0 Å². The first-order valence-corrected chi connectivity index (χ1v) is 6.20. The molecule has 4 N–H and O–H groups in total. The van der Waals surface area contributed by atoms with Gasteiger partial charge in [0.25, 0.3) is 0 Å². The van der Waals surface area contributed by atoms with Crippen molar-refractivity contribution in [3.05, 3.63) is 54.1 Å². The molecule has 3 rings (SSSR count). The lowest BCUT2D eigenvalue weighted by molar-refractivity contribution is 0.100. The number of tetrazole rings is 1. The number of nitrogens with two attached hydrogens (primary N) is 2. The van der Waals surface area contributed by atoms with E-state index in [0.29, 0.717) is 17.1 Å². The standard InChI is InChI=1S/C14H12N6O/c15-11-5-1-10(2-6-11)14-17-18-19-20(14)12-7-3-9(4-8-12)13(16)21/h1-8H,15H2,(H2,16,21). The fraction of sp³-hybridized carbons (Fsp3) is 0. The number of amides is 1. The summed E-state index contributed by atoms with van der Waals surface area (Å²) in [6.45, 7) is 0. The second-order valence-corrected chi connectivity index (χ2v) is 4.45. The van der Waals surface area contributed by atoms with Crippen molar-refractivity contribution in [1.29, 1.82) is 0 Å². The summed E-state index contributed by atoms with van der Waals surface area (Å²) in [4.78, 5) is 11.1. The SMILES string of the molecule is NC(=O)c1ccc(-n2nnnc2-c2ccc(N)cc2)cc1. The molecule has 0 radical (unpaired) electrons. The molecule has 0 fully saturated rings. The highest BCUT2D eigenvalue weighted by molar-refractivity contribution is 5.92. The summed E-state index contributed by atoms with van der Waals surface area (Å²) in [5.74, 6) is 0.110. The van der Waals surface area contributed by atoms with Gasteiger partial charge in [0.2, 0.25) is 5.91 Å². The lowest BCUT2D eigenvalue weighted by atomic mass is 10.1. The van der Waals surface area contributed by atoms with Gasteiger partial charge in [-0.15, -0.1) is 5.10 Å². The first-order valence-electron chi connectivity index (χ1n) is 6.20. The van der Waals surface area contributed by atoms with Gasteiger partial charge >= 0.3 is 0 Å². The Balaban J connectivity index is 2.02. The number of carbonyl (C=O) groups is 1. The van der Waals surface area contributed by atoms with Crippen LogP contribution in [-0.2, 0) is 0 Å². The van der Waals surface area contributed by atoms with Crippen LogP contribution >= 0.6 is 0 Å². The minimum absolute atomic E-state index is 0.431. The predicted octanol–water partition coefficient (Wildman–Crippen LogP) is 1.01. The number of hydrogen-bond acceptors (Lipinski definition) is 5. The van der Waals surface area contributed by atoms with Gasteiger partial charge in [0.05, 0.1) is 5.69 Å². The number of hydrogen-bond donors (Lipinski definition) is 2. The normalized spacial score (nSPS) is 10.5. The summed E-state index contributed by atoms with van der Waals surface area (Å²) in [5.41, 5.74) is 13.6. The molecule has 1 aromatic heterocycles. The zero-order valence-electron chi connectivity index (χ0n) is 11.0. The quantitative estimate of drug-likeness (QED) is 0.695. The number of aromatic nitrogens is 4. The first kappa shape index (κ1) is 12.8. The van der Waals surface area contributed by atoms with Crippen LogP contribution in [0.15, 0.2) is 48.5 Å². The van der Waals surface area contributed by atoms with Crippen molar-refractivity contribution in [2.45, 2.75) is 0 Å². The fourth-order valence-electron chi connectivity index (χ4n) is 1.94. The van der Waals surface area contributed by atoms with Crippen LogP contribution in [0.4, 0.5) is 5.69 Å². The molecule has 0 aliphatic carbocycles. The van der Waals surface area contributed by atoms with E-state index < -0.39 is 5.91 Å². The summed E-state index contributed by atoms with van der Waals surface area (Å²) in [6, 6.07) is 14.0. The summed E-state index contributed by atoms with van der Waals surface area (Å²) >= 11 is 0. The molecule has 7 heteroatoms. The molecule has 0 saturated heterocycles. The number of nitrogens with zero attached hydrogens (tertiary/aromatic N) is 4. The van der Waals surface area contributed by atoms with E-state index in [0.717, 1.165) is 11.3 Å². The molecule has 1 heterocycles. The molecule has 0 unspecified atom stereocenters. The van der Waals surface area contributed by atoms with Gasteiger partial charge in [-0.05, 0) is 59.0 Å². The molecule has 7 nitrogen and oxygen atoms in total. The number of carbonyl (C=O) groups excluding carboxylic acids is 1. The third-order valence-corrected chi connectivity index (χ3v) is 3.03. The highest BCUT2D eigenvalue weighted by Gasteiger charge is 2.11. The molecule has 1 amide bonds. The van der Waals surface area contributed by atoms with E-state index in [4.69, 9.17) is 11.5 Å². The van der Waals surface area contributed by atoms with E-state index in [-0.39, 0.29) is 0 Å². The van der Waals surface area contributed by atoms with Gasteiger partial charge in [0, 0.05) is 16.8 Å². The minimum Gasteiger partial charge on any atom is -0.399 e. The van der Waals surface area contributed by atoms with E-state index in [1.54, 1.807) is 41.1 Å². The third kappa shape index (κ3) is 2.44. The Morgan fingerprint density at radius 3 is 2.29 bits per heavy atom. The smallest absolute Gasteiger partial charge is 0.248 e. The van der Waals surface area contributed by atoms with Crippen LogP contribution in [0.25, 0.3) is 17.1 Å². The lowest BCUT2D eigenvalue weighted by Crippen LogP contribution is -2.11. The molecule has 0 saturated carbocycles. The Bertz CT molecular complexity index is 776. The van der Waals surface area contributed by atoms with Gasteiger partial charge < -0.3 is 11.5 Å². The van der Waals surface area contributed by atoms with Crippen molar-refractivity contribution in [3.8, 4) is 17.1 Å². The Morgan fingerprint density at radius 2 is 1.67 bits per heavy atom. The fourth-order valence-corrected chi connectivity index (χ4v) is 1.94. The molecule has 0 atom stereocenters. The Labute approximate surface area is 120 Å². The van der Waals surface area contributed by atoms with Crippen LogP contribution in [-0.4, -0.2) is 26.1 Å². The van der Waals surface area contributed by atoms with Gasteiger partial charge in [0.15, 0.2) is 5.82 Å². The number of anilines is 1. The van der Waals surface area contributed by atoms with Gasteiger partial charge in [-0.3, -0.25) is 4.79 Å². The Kier molecular flexibility index (Phi) is 3.07. The summed E-state index contributed by atoms with van der Waals surface area (Å²) in [7, 11) is 0. The van der Waals surface area contributed by atoms with Crippen molar-refractivity contribution >= 4 is 11.6 Å². The molecule has 21 heavy (non-hydrogen) atoms. The summed E-state index contributed by atoms with van der Waals surface area (Å²) in [6.07, 6.45) is 0. The van der Waals surface area contributed by atoms with Crippen molar-refractivity contribution < 1.29 is 4.79 Å². The van der Waals surface area contributed by atoms with Crippen molar-refractivity contribution in [2.75, 3.05) is 5.73 Å². The van der Waals surface area contributed by atoms with Crippen molar-refractivity contribution in [3.63, 3.8) is 0 Å². The van der Waals surface area contributed by atoms with Crippen LogP contribution in [0, 0.1) is 0 Å². The molecule has 0 spiro atoms. The topological polar surface area (TPSA) is 113 Å². The van der Waals surface area contributed by atoms with Crippen LogP contribution < -0.4 is 11.5 Å². The minimum atomic E-state index is -0.475. The third-order valence-electron chi connectivity index (χ3n) is 3.03. The molecule has 0 aliphatic rings. The average Bonchev–Trinajstić information content (AvgIpc) is 2.97. The molecule has 104 valence electrons. The first-order chi connectivity index (χ1) is 10.1. The maximum absolute atomic E-state index is 11.1. The molecule has 2 aromatic carbocycles. The second kappa shape index (κ2) is 5.04. The highest BCUT2D eigenvalue weighted by Crippen LogP contribution is 2.20. The number of primary amides is 1. The van der Waals surface area contributed by atoms with E-state index in [9.17, 15) is 4.79 Å². The van der Waals surface area contributed by atoms with Crippen LogP contribution in [0.1, 0.15) is 10.4 Å². The van der Waals surface area contributed by atoms with Crippen LogP contribution in [0.3, 0.4) is 0 Å². The largest absolute Gasteiger partial charge is 0.399 e. The van der Waals surface area contributed by atoms with Gasteiger partial charge in [-0.25, -0.2) is 0 Å². The number of benzene rings is 2. The molecular weight excluding hydrogens is 268 g/mol. The Hall–Kier alpha value is -3.22. The van der Waals surface area contributed by atoms with Crippen LogP contribution in [0.5, 0.6) is 0 Å². The molecule has 0 bridgehead atoms. The Morgan fingerprint density at radius 1 is 1.00 bits per heavy atom. The van der Waals surface area contributed by atoms with Gasteiger partial charge in [-0.1, -0.05) is 0 Å². The van der Waals surface area contributed by atoms with E-state index in [1.807, 2.05) is 12.1 Å². The average molecular weight is 280 g/mol. The summed E-state index contributed by atoms with van der Waals surface area (Å²) < 4.78 is 1.58. The van der Waals surface area contributed by atoms with Crippen molar-refractivity contribution in [2.24, 2.45) is 5.73 Å². The van der Waals surface area contributed by atoms with E-state index >= 15 is 0 Å². The highest BCUT2D eigenvalue weighted by atomic mass is 16.1. The monoisotopic (exact) mass is 280 g/mol. The van der Waals surface area contributed by atoms with Crippen molar-refractivity contribution in [1.82, 2.24) is 20.2 Å². The maximum Gasteiger partial charge on any atom is 0.248 e. The van der Waals surface area contributed by atoms with E-state index in [2.05, 4.69) is 15.5 Å². The number of nitrogen functional groups attached to an aromatic ring is 1. The zero-order valence-corrected chi connectivity index (χ0v) is 11.0. The predicted molar refractivity (Wildman–Crippen MR) is 77.5 cm³/mol. The van der Waals surface area contributed by atoms with Crippen LogP contribution in [0.2, 0.25) is 0 Å². The van der Waals surface area contributed by atoms with Gasteiger partial charge in [-0.2, -0.15) is 4.68 Å². The second-order valence-electron chi connectivity index (χ2n) is 4.45. The molecule has 0 aliphatic heterocycles.